The van der Waals surface area contributed by atoms with Crippen molar-refractivity contribution in [3.05, 3.63) is 91.0 Å². The summed E-state index contributed by atoms with van der Waals surface area (Å²) in [5, 5.41) is 4.01. The number of hydrogen-bond donors (Lipinski definition) is 0. The Kier molecular flexibility index (Phi) is 9.38. The third kappa shape index (κ3) is 5.54. The third-order valence-electron chi connectivity index (χ3n) is 4.96. The maximum Gasteiger partial charge on any atom is 0.221 e. The maximum absolute atomic E-state index is 11.0. The Balaban J connectivity index is 0.00000280. The molecule has 0 aromatic heterocycles. The molecule has 4 heteroatoms. The predicted molar refractivity (Wildman–Crippen MR) is 119 cm³/mol. The van der Waals surface area contributed by atoms with Gasteiger partial charge in [0.25, 0.3) is 0 Å². The monoisotopic (exact) mass is 474 g/mol. The highest BCUT2D eigenvalue weighted by atomic mass is 79.9. The SMILES string of the molecule is O=C(Cl)CCCCC[P+](c1ccccc1)(c1ccccc1)c1ccccc1.[Br-]. The lowest BCUT2D eigenvalue weighted by molar-refractivity contribution is -0.111. The van der Waals surface area contributed by atoms with E-state index in [2.05, 4.69) is 91.0 Å². The van der Waals surface area contributed by atoms with Gasteiger partial charge in [-0.2, -0.15) is 0 Å². The summed E-state index contributed by atoms with van der Waals surface area (Å²) in [5.41, 5.74) is 0. The van der Waals surface area contributed by atoms with Crippen LogP contribution in [0, 0.1) is 0 Å². The van der Waals surface area contributed by atoms with Gasteiger partial charge in [-0.1, -0.05) is 54.6 Å². The highest BCUT2D eigenvalue weighted by molar-refractivity contribution is 7.95. The van der Waals surface area contributed by atoms with Crippen molar-refractivity contribution < 1.29 is 21.8 Å². The lowest BCUT2D eigenvalue weighted by Gasteiger charge is -2.27. The molecule has 0 radical (unpaired) electrons. The molecule has 3 aromatic carbocycles. The fraction of sp³-hybridized carbons (Fsp3) is 0.208. The van der Waals surface area contributed by atoms with Crippen molar-refractivity contribution in [1.82, 2.24) is 0 Å². The Morgan fingerprint density at radius 1 is 0.643 bits per heavy atom. The van der Waals surface area contributed by atoms with E-state index in [1.54, 1.807) is 0 Å². The van der Waals surface area contributed by atoms with Crippen LogP contribution < -0.4 is 32.9 Å². The fourth-order valence-electron chi connectivity index (χ4n) is 3.67. The fourth-order valence-corrected chi connectivity index (χ4v) is 8.22. The highest BCUT2D eigenvalue weighted by Crippen LogP contribution is 2.55. The second-order valence-corrected chi connectivity index (χ2v) is 10.7. The molecule has 0 aliphatic heterocycles. The van der Waals surface area contributed by atoms with Crippen LogP contribution >= 0.6 is 18.9 Å². The highest BCUT2D eigenvalue weighted by Gasteiger charge is 2.44. The first-order chi connectivity index (χ1) is 13.2. The molecule has 0 fully saturated rings. The Labute approximate surface area is 184 Å². The van der Waals surface area contributed by atoms with Gasteiger partial charge in [-0.15, -0.1) is 0 Å². The minimum Gasteiger partial charge on any atom is -1.00 e. The van der Waals surface area contributed by atoms with Crippen molar-refractivity contribution in [2.45, 2.75) is 25.7 Å². The van der Waals surface area contributed by atoms with E-state index in [0.29, 0.717) is 6.42 Å². The average Bonchev–Trinajstić information content (AvgIpc) is 2.73. The number of carbonyl (C=O) groups is 1. The zero-order valence-electron chi connectivity index (χ0n) is 15.8. The number of rotatable bonds is 9. The molecular formula is C24H25BrClOP. The summed E-state index contributed by atoms with van der Waals surface area (Å²) in [6, 6.07) is 32.7. The number of halogens is 2. The molecule has 0 heterocycles. The molecule has 0 aliphatic carbocycles. The van der Waals surface area contributed by atoms with E-state index in [1.807, 2.05) is 0 Å². The molecule has 0 atom stereocenters. The first kappa shape index (κ1) is 22.8. The first-order valence-corrected chi connectivity index (χ1v) is 11.8. The van der Waals surface area contributed by atoms with Crippen LogP contribution in [-0.4, -0.2) is 11.4 Å². The number of carbonyl (C=O) groups excluding carboxylic acids is 1. The normalized spacial score (nSPS) is 10.9. The topological polar surface area (TPSA) is 17.1 Å². The molecule has 28 heavy (non-hydrogen) atoms. The Bertz CT molecular complexity index is 744. The summed E-state index contributed by atoms with van der Waals surface area (Å²) >= 11 is 5.50. The van der Waals surface area contributed by atoms with Crippen LogP contribution in [0.3, 0.4) is 0 Å². The van der Waals surface area contributed by atoms with Crippen molar-refractivity contribution >= 4 is 40.0 Å². The number of unbranched alkanes of at least 4 members (excludes halogenated alkanes) is 2. The van der Waals surface area contributed by atoms with E-state index >= 15 is 0 Å². The summed E-state index contributed by atoms with van der Waals surface area (Å²) in [6.07, 6.45) is 4.53. The quantitative estimate of drug-likeness (QED) is 0.264. The summed E-state index contributed by atoms with van der Waals surface area (Å²) in [6.45, 7) is 0. The van der Waals surface area contributed by atoms with Gasteiger partial charge in [-0.05, 0) is 67.3 Å². The summed E-state index contributed by atoms with van der Waals surface area (Å²) in [7, 11) is -1.74. The van der Waals surface area contributed by atoms with E-state index in [1.165, 1.54) is 15.9 Å². The molecule has 0 aliphatic rings. The van der Waals surface area contributed by atoms with Crippen molar-refractivity contribution in [2.24, 2.45) is 0 Å². The molecule has 0 spiro atoms. The van der Waals surface area contributed by atoms with Gasteiger partial charge < -0.3 is 17.0 Å². The van der Waals surface area contributed by atoms with Gasteiger partial charge in [0, 0.05) is 6.42 Å². The largest absolute Gasteiger partial charge is 1.00 e. The molecule has 3 rings (SSSR count). The zero-order chi connectivity index (χ0) is 19.0. The van der Waals surface area contributed by atoms with E-state index in [-0.39, 0.29) is 22.2 Å². The minimum absolute atomic E-state index is 0. The number of benzene rings is 3. The van der Waals surface area contributed by atoms with Gasteiger partial charge in [0.1, 0.15) is 23.2 Å². The van der Waals surface area contributed by atoms with E-state index in [9.17, 15) is 4.79 Å². The number of hydrogen-bond acceptors (Lipinski definition) is 1. The van der Waals surface area contributed by atoms with Crippen LogP contribution in [0.15, 0.2) is 91.0 Å². The lowest BCUT2D eigenvalue weighted by Crippen LogP contribution is -3.00. The Morgan fingerprint density at radius 2 is 1.04 bits per heavy atom. The first-order valence-electron chi connectivity index (χ1n) is 9.47. The Hall–Kier alpha value is -1.47. The van der Waals surface area contributed by atoms with Crippen molar-refractivity contribution in [3.63, 3.8) is 0 Å². The van der Waals surface area contributed by atoms with E-state index < -0.39 is 7.26 Å². The summed E-state index contributed by atoms with van der Waals surface area (Å²) in [5.74, 6) is 0. The summed E-state index contributed by atoms with van der Waals surface area (Å²) < 4.78 is 0. The second kappa shape index (κ2) is 11.5. The molecular weight excluding hydrogens is 451 g/mol. The molecule has 1 nitrogen and oxygen atoms in total. The third-order valence-corrected chi connectivity index (χ3v) is 9.67. The molecule has 0 N–H and O–H groups in total. The van der Waals surface area contributed by atoms with Crippen molar-refractivity contribution in [3.8, 4) is 0 Å². The van der Waals surface area contributed by atoms with Crippen molar-refractivity contribution in [2.75, 3.05) is 6.16 Å². The van der Waals surface area contributed by atoms with Gasteiger partial charge in [-0.3, -0.25) is 4.79 Å². The van der Waals surface area contributed by atoms with Crippen LogP contribution in [0.4, 0.5) is 0 Å². The van der Waals surface area contributed by atoms with Gasteiger partial charge in [-0.25, -0.2) is 0 Å². The average molecular weight is 476 g/mol. The minimum atomic E-state index is -1.74. The molecule has 0 saturated heterocycles. The van der Waals surface area contributed by atoms with Gasteiger partial charge in [0.15, 0.2) is 0 Å². The molecule has 0 bridgehead atoms. The van der Waals surface area contributed by atoms with Crippen LogP contribution in [0.1, 0.15) is 25.7 Å². The van der Waals surface area contributed by atoms with Gasteiger partial charge in [0.05, 0.1) is 6.16 Å². The second-order valence-electron chi connectivity index (χ2n) is 6.71. The van der Waals surface area contributed by atoms with Crippen LogP contribution in [0.25, 0.3) is 0 Å². The van der Waals surface area contributed by atoms with E-state index in [4.69, 9.17) is 11.6 Å². The molecule has 3 aromatic rings. The standard InChI is InChI=1S/C24H25ClOP.BrH/c25-24(26)19-11-4-12-20-27(21-13-5-1-6-14-21,22-15-7-2-8-16-22)23-17-9-3-10-18-23;/h1-3,5-10,13-18H,4,11-12,19-20H2;1H/q+1;/p-1. The maximum atomic E-state index is 11.0. The van der Waals surface area contributed by atoms with Gasteiger partial charge >= 0.3 is 0 Å². The predicted octanol–water partition coefficient (Wildman–Crippen LogP) is 2.31. The van der Waals surface area contributed by atoms with E-state index in [0.717, 1.165) is 25.4 Å². The smallest absolute Gasteiger partial charge is 0.221 e. The molecule has 0 unspecified atom stereocenters. The Morgan fingerprint density at radius 3 is 1.39 bits per heavy atom. The zero-order valence-corrected chi connectivity index (χ0v) is 19.0. The van der Waals surface area contributed by atoms with Crippen LogP contribution in [0.5, 0.6) is 0 Å². The van der Waals surface area contributed by atoms with Crippen LogP contribution in [-0.2, 0) is 4.79 Å². The molecule has 146 valence electrons. The molecule has 0 saturated carbocycles. The summed E-state index contributed by atoms with van der Waals surface area (Å²) in [4.78, 5) is 11.0. The lowest BCUT2D eigenvalue weighted by atomic mass is 10.2. The van der Waals surface area contributed by atoms with Crippen LogP contribution in [0.2, 0.25) is 0 Å². The van der Waals surface area contributed by atoms with Crippen molar-refractivity contribution in [1.29, 1.82) is 0 Å². The van der Waals surface area contributed by atoms with Gasteiger partial charge in [0.2, 0.25) is 5.24 Å². The molecule has 0 amide bonds.